The second-order valence-electron chi connectivity index (χ2n) is 7.98. The summed E-state index contributed by atoms with van der Waals surface area (Å²) in [6, 6.07) is 0. The lowest BCUT2D eigenvalue weighted by molar-refractivity contribution is -0.873. The summed E-state index contributed by atoms with van der Waals surface area (Å²) in [6.45, 7) is 2.14. The number of carbonyl (C=O) groups is 3. The monoisotopic (exact) mass is 364 g/mol. The fourth-order valence-corrected chi connectivity index (χ4v) is 2.06. The fourth-order valence-electron chi connectivity index (χ4n) is 2.06. The average molecular weight is 364 g/mol. The van der Waals surface area contributed by atoms with Crippen molar-refractivity contribution in [2.45, 2.75) is 32.0 Å². The third kappa shape index (κ3) is 22.3. The molecule has 0 aliphatic carbocycles. The number of carboxylic acids is 2. The summed E-state index contributed by atoms with van der Waals surface area (Å²) in [5, 5.41) is 29.5. The molecule has 0 aliphatic heterocycles. The number of aliphatic hydroxyl groups excluding tert-OH is 1. The van der Waals surface area contributed by atoms with Gasteiger partial charge in [-0.05, 0) is 0 Å². The van der Waals surface area contributed by atoms with Gasteiger partial charge in [0.2, 0.25) is 0 Å². The van der Waals surface area contributed by atoms with E-state index in [1.165, 1.54) is 6.92 Å². The molecule has 0 aliphatic rings. The Morgan fingerprint density at radius 1 is 0.880 bits per heavy atom. The number of hydrogen-bond acceptors (Lipinski definition) is 7. The minimum Gasteiger partial charge on any atom is -0.550 e. The number of hydrogen-bond donors (Lipinski definition) is 1. The first-order valence-electron chi connectivity index (χ1n) is 7.87. The van der Waals surface area contributed by atoms with E-state index in [1.807, 2.05) is 42.3 Å². The van der Waals surface area contributed by atoms with Gasteiger partial charge >= 0.3 is 5.97 Å². The zero-order valence-corrected chi connectivity index (χ0v) is 16.3. The van der Waals surface area contributed by atoms with Crippen molar-refractivity contribution in [3.8, 4) is 0 Å². The normalized spacial score (nSPS) is 13.9. The Morgan fingerprint density at radius 2 is 1.28 bits per heavy atom. The minimum atomic E-state index is -1.20. The summed E-state index contributed by atoms with van der Waals surface area (Å²) >= 11 is 0. The van der Waals surface area contributed by atoms with E-state index in [0.29, 0.717) is 22.1 Å². The summed E-state index contributed by atoms with van der Waals surface area (Å²) < 4.78 is 5.94. The Kier molecular flexibility index (Phi) is 11.2. The SMILES string of the molecule is CC(=O)O[C@H](CC(=O)[O-])C[N+](C)(C)C.C[N+](C)(C)CC(O)CC(=O)[O-]. The number of aliphatic hydroxyl groups is 1. The van der Waals surface area contributed by atoms with Crippen molar-refractivity contribution in [2.24, 2.45) is 0 Å². The van der Waals surface area contributed by atoms with Gasteiger partial charge < -0.3 is 38.6 Å². The molecule has 1 unspecified atom stereocenters. The Morgan fingerprint density at radius 3 is 1.56 bits per heavy atom. The quantitative estimate of drug-likeness (QED) is 0.340. The van der Waals surface area contributed by atoms with Gasteiger partial charge in [0.15, 0.2) is 6.10 Å². The van der Waals surface area contributed by atoms with Crippen LogP contribution in [0.2, 0.25) is 0 Å². The first-order chi connectivity index (χ1) is 11.0. The maximum atomic E-state index is 10.7. The molecule has 0 heterocycles. The van der Waals surface area contributed by atoms with Crippen LogP contribution in [0.25, 0.3) is 0 Å². The molecular formula is C16H32N2O7. The van der Waals surface area contributed by atoms with E-state index in [4.69, 9.17) is 9.84 Å². The van der Waals surface area contributed by atoms with E-state index in [2.05, 4.69) is 0 Å². The number of nitrogens with zero attached hydrogens (tertiary/aromatic N) is 2. The Balaban J connectivity index is 0. The highest BCUT2D eigenvalue weighted by molar-refractivity contribution is 5.68. The molecule has 0 aromatic carbocycles. The van der Waals surface area contributed by atoms with Crippen LogP contribution in [0.3, 0.4) is 0 Å². The number of likely N-dealkylation sites (N-methyl/N-ethyl adjacent to an activating group) is 2. The van der Waals surface area contributed by atoms with Gasteiger partial charge in [0, 0.05) is 31.7 Å². The smallest absolute Gasteiger partial charge is 0.303 e. The van der Waals surface area contributed by atoms with E-state index in [0.717, 1.165) is 0 Å². The van der Waals surface area contributed by atoms with Crippen LogP contribution >= 0.6 is 0 Å². The van der Waals surface area contributed by atoms with E-state index < -0.39 is 30.1 Å². The molecule has 0 saturated carbocycles. The molecule has 0 rings (SSSR count). The zero-order valence-electron chi connectivity index (χ0n) is 16.3. The lowest BCUT2D eigenvalue weighted by Crippen LogP contribution is -2.45. The summed E-state index contributed by atoms with van der Waals surface area (Å²) in [5.74, 6) is -2.87. The molecule has 0 saturated heterocycles. The maximum Gasteiger partial charge on any atom is 0.303 e. The second-order valence-corrected chi connectivity index (χ2v) is 7.98. The van der Waals surface area contributed by atoms with Gasteiger partial charge in [-0.15, -0.1) is 0 Å². The number of carbonyl (C=O) groups excluding carboxylic acids is 3. The predicted molar refractivity (Wildman–Crippen MR) is 86.6 cm³/mol. The first-order valence-corrected chi connectivity index (χ1v) is 7.87. The fraction of sp³-hybridized carbons (Fsp3) is 0.812. The van der Waals surface area contributed by atoms with Gasteiger partial charge in [0.1, 0.15) is 19.2 Å². The van der Waals surface area contributed by atoms with Crippen LogP contribution in [0.5, 0.6) is 0 Å². The van der Waals surface area contributed by atoms with Crippen LogP contribution in [0, 0.1) is 0 Å². The number of rotatable bonds is 9. The molecule has 0 amide bonds. The lowest BCUT2D eigenvalue weighted by Gasteiger charge is -2.28. The van der Waals surface area contributed by atoms with Gasteiger partial charge in [-0.1, -0.05) is 0 Å². The highest BCUT2D eigenvalue weighted by Crippen LogP contribution is 2.04. The summed E-state index contributed by atoms with van der Waals surface area (Å²) in [5.41, 5.74) is 0. The van der Waals surface area contributed by atoms with E-state index in [-0.39, 0.29) is 12.8 Å². The molecule has 0 aromatic rings. The molecule has 25 heavy (non-hydrogen) atoms. The number of ether oxygens (including phenoxy) is 1. The summed E-state index contributed by atoms with van der Waals surface area (Å²) in [6.07, 6.45) is -1.96. The lowest BCUT2D eigenvalue weighted by atomic mass is 10.2. The van der Waals surface area contributed by atoms with Crippen molar-refractivity contribution in [3.63, 3.8) is 0 Å². The average Bonchev–Trinajstić information content (AvgIpc) is 2.19. The van der Waals surface area contributed by atoms with Crippen molar-refractivity contribution in [1.82, 2.24) is 0 Å². The molecular weight excluding hydrogens is 332 g/mol. The molecule has 0 bridgehead atoms. The molecule has 9 nitrogen and oxygen atoms in total. The second kappa shape index (κ2) is 11.0. The van der Waals surface area contributed by atoms with Crippen LogP contribution in [-0.4, -0.2) is 99.6 Å². The minimum absolute atomic E-state index is 0.255. The largest absolute Gasteiger partial charge is 0.550 e. The molecule has 0 radical (unpaired) electrons. The Bertz CT molecular complexity index is 423. The van der Waals surface area contributed by atoms with Gasteiger partial charge in [-0.25, -0.2) is 0 Å². The van der Waals surface area contributed by atoms with Crippen molar-refractivity contribution < 1.29 is 43.4 Å². The van der Waals surface area contributed by atoms with Crippen LogP contribution < -0.4 is 10.2 Å². The van der Waals surface area contributed by atoms with Crippen molar-refractivity contribution in [3.05, 3.63) is 0 Å². The van der Waals surface area contributed by atoms with Crippen LogP contribution in [0.4, 0.5) is 0 Å². The molecule has 0 aromatic heterocycles. The van der Waals surface area contributed by atoms with Crippen molar-refractivity contribution in [1.29, 1.82) is 0 Å². The summed E-state index contributed by atoms with van der Waals surface area (Å²) in [4.78, 5) is 31.1. The van der Waals surface area contributed by atoms with Crippen molar-refractivity contribution >= 4 is 17.9 Å². The van der Waals surface area contributed by atoms with Crippen LogP contribution in [0.15, 0.2) is 0 Å². The Labute approximate surface area is 149 Å². The Hall–Kier alpha value is -1.71. The number of carboxylic acid groups (broad SMARTS) is 2. The first kappa shape index (κ1) is 25.5. The van der Waals surface area contributed by atoms with Gasteiger partial charge in [-0.3, -0.25) is 4.79 Å². The van der Waals surface area contributed by atoms with Crippen LogP contribution in [-0.2, 0) is 19.1 Å². The third-order valence-corrected chi connectivity index (χ3v) is 2.64. The number of esters is 1. The number of quaternary nitrogens is 2. The standard InChI is InChI=1S/C9H17NO4.C7H15NO3/c1-7(11)14-8(5-9(12)13)6-10(2,3)4;1-8(2,3)5-6(9)4-7(10)11/h8H,5-6H2,1-4H3;6,9H,4-5H2,1-3H3/t8-;/m1./s1. The molecule has 9 heteroatoms. The topological polar surface area (TPSA) is 127 Å². The molecule has 1 N–H and O–H groups in total. The van der Waals surface area contributed by atoms with Gasteiger partial charge in [0.25, 0.3) is 0 Å². The summed E-state index contributed by atoms with van der Waals surface area (Å²) in [7, 11) is 11.3. The van der Waals surface area contributed by atoms with Crippen LogP contribution in [0.1, 0.15) is 19.8 Å². The van der Waals surface area contributed by atoms with Gasteiger partial charge in [0.05, 0.1) is 42.3 Å². The third-order valence-electron chi connectivity index (χ3n) is 2.64. The van der Waals surface area contributed by atoms with Crippen molar-refractivity contribution in [2.75, 3.05) is 55.4 Å². The predicted octanol–water partition coefficient (Wildman–Crippen LogP) is -3.04. The van der Waals surface area contributed by atoms with E-state index in [1.54, 1.807) is 0 Å². The molecule has 2 atom stereocenters. The van der Waals surface area contributed by atoms with E-state index >= 15 is 0 Å². The van der Waals surface area contributed by atoms with E-state index in [9.17, 15) is 24.6 Å². The highest BCUT2D eigenvalue weighted by Gasteiger charge is 2.20. The molecule has 0 spiro atoms. The molecule has 0 fully saturated rings. The maximum absolute atomic E-state index is 10.7. The highest BCUT2D eigenvalue weighted by atomic mass is 16.5. The molecule has 148 valence electrons. The zero-order chi connectivity index (χ0) is 20.4. The van der Waals surface area contributed by atoms with Gasteiger partial charge in [-0.2, -0.15) is 0 Å². The number of aliphatic carboxylic acids is 2.